The Morgan fingerprint density at radius 1 is 0.962 bits per heavy atom. The van der Waals surface area contributed by atoms with Crippen LogP contribution < -0.4 is 5.32 Å². The van der Waals surface area contributed by atoms with Gasteiger partial charge in [-0.25, -0.2) is 26.7 Å². The predicted molar refractivity (Wildman–Crippen MR) is 81.1 cm³/mol. The van der Waals surface area contributed by atoms with E-state index in [1.807, 2.05) is 0 Å². The quantitative estimate of drug-likeness (QED) is 0.385. The highest BCUT2D eigenvalue weighted by atomic mass is 19.2. The van der Waals surface area contributed by atoms with Gasteiger partial charge in [-0.2, -0.15) is 0 Å². The number of benzene rings is 2. The van der Waals surface area contributed by atoms with Gasteiger partial charge in [0.15, 0.2) is 23.3 Å². The molecule has 9 heteroatoms. The SMILES string of the molecule is COC(=O)c1ccc(C)c(NC(=O)Cc2c(F)c(F)c(F)c(F)c2F)c1. The Bertz CT molecular complexity index is 869. The molecular weight excluding hydrogens is 361 g/mol. The average Bonchev–Trinajstić information content (AvgIpc) is 2.63. The number of anilines is 1. The number of ether oxygens (including phenoxy) is 1. The van der Waals surface area contributed by atoms with E-state index in [1.165, 1.54) is 18.2 Å². The van der Waals surface area contributed by atoms with Crippen molar-refractivity contribution in [2.75, 3.05) is 12.4 Å². The summed E-state index contributed by atoms with van der Waals surface area (Å²) >= 11 is 0. The van der Waals surface area contributed by atoms with Crippen LogP contribution in [0.25, 0.3) is 0 Å². The van der Waals surface area contributed by atoms with E-state index in [2.05, 4.69) is 10.1 Å². The zero-order valence-corrected chi connectivity index (χ0v) is 13.6. The normalized spacial score (nSPS) is 10.6. The van der Waals surface area contributed by atoms with Gasteiger partial charge in [-0.15, -0.1) is 0 Å². The molecule has 2 aromatic rings. The lowest BCUT2D eigenvalue weighted by Crippen LogP contribution is -2.19. The zero-order chi connectivity index (χ0) is 19.6. The Labute approximate surface area is 144 Å². The molecule has 0 bridgehead atoms. The summed E-state index contributed by atoms with van der Waals surface area (Å²) in [6.07, 6.45) is -1.09. The van der Waals surface area contributed by atoms with Crippen molar-refractivity contribution in [3.63, 3.8) is 0 Å². The highest BCUT2D eigenvalue weighted by Gasteiger charge is 2.27. The van der Waals surface area contributed by atoms with Crippen molar-refractivity contribution < 1.29 is 36.3 Å². The monoisotopic (exact) mass is 373 g/mol. The summed E-state index contributed by atoms with van der Waals surface area (Å²) in [5, 5.41) is 2.27. The van der Waals surface area contributed by atoms with Crippen LogP contribution in [0.4, 0.5) is 27.6 Å². The van der Waals surface area contributed by atoms with Crippen molar-refractivity contribution >= 4 is 17.6 Å². The molecule has 0 aliphatic carbocycles. The van der Waals surface area contributed by atoms with E-state index >= 15 is 0 Å². The maximum absolute atomic E-state index is 13.6. The number of aryl methyl sites for hydroxylation is 1. The number of methoxy groups -OCH3 is 1. The van der Waals surface area contributed by atoms with Crippen molar-refractivity contribution in [1.29, 1.82) is 0 Å². The molecule has 0 saturated heterocycles. The topological polar surface area (TPSA) is 55.4 Å². The van der Waals surface area contributed by atoms with E-state index in [-0.39, 0.29) is 11.3 Å². The first kappa shape index (κ1) is 19.4. The molecule has 0 spiro atoms. The summed E-state index contributed by atoms with van der Waals surface area (Å²) in [7, 11) is 1.16. The molecule has 0 saturated carbocycles. The fourth-order valence-electron chi connectivity index (χ4n) is 2.16. The number of amides is 1. The minimum Gasteiger partial charge on any atom is -0.465 e. The van der Waals surface area contributed by atoms with Crippen LogP contribution in [0.1, 0.15) is 21.5 Å². The number of esters is 1. The molecular formula is C17H12F5NO3. The maximum Gasteiger partial charge on any atom is 0.337 e. The first-order valence-electron chi connectivity index (χ1n) is 7.16. The van der Waals surface area contributed by atoms with Crippen LogP contribution in [-0.2, 0) is 16.0 Å². The third kappa shape index (κ3) is 3.66. The van der Waals surface area contributed by atoms with Gasteiger partial charge in [-0.3, -0.25) is 4.79 Å². The molecule has 0 radical (unpaired) electrons. The molecule has 0 aliphatic heterocycles. The van der Waals surface area contributed by atoms with Crippen LogP contribution in [0.2, 0.25) is 0 Å². The summed E-state index contributed by atoms with van der Waals surface area (Å²) in [5.41, 5.74) is -0.518. The molecule has 138 valence electrons. The molecule has 4 nitrogen and oxygen atoms in total. The Morgan fingerprint density at radius 3 is 2.04 bits per heavy atom. The third-order valence-corrected chi connectivity index (χ3v) is 3.57. The molecule has 0 fully saturated rings. The van der Waals surface area contributed by atoms with E-state index in [1.54, 1.807) is 6.92 Å². The fourth-order valence-corrected chi connectivity index (χ4v) is 2.16. The first-order valence-corrected chi connectivity index (χ1v) is 7.16. The van der Waals surface area contributed by atoms with Crippen molar-refractivity contribution in [2.24, 2.45) is 0 Å². The molecule has 0 aromatic heterocycles. The molecule has 0 unspecified atom stereocenters. The van der Waals surface area contributed by atoms with Crippen LogP contribution >= 0.6 is 0 Å². The van der Waals surface area contributed by atoms with E-state index in [0.717, 1.165) is 7.11 Å². The second-order valence-electron chi connectivity index (χ2n) is 5.29. The van der Waals surface area contributed by atoms with Gasteiger partial charge in [-0.1, -0.05) is 6.07 Å². The lowest BCUT2D eigenvalue weighted by molar-refractivity contribution is -0.115. The highest BCUT2D eigenvalue weighted by Crippen LogP contribution is 2.24. The second-order valence-corrected chi connectivity index (χ2v) is 5.29. The summed E-state index contributed by atoms with van der Waals surface area (Å²) in [6, 6.07) is 4.18. The largest absolute Gasteiger partial charge is 0.465 e. The number of hydrogen-bond donors (Lipinski definition) is 1. The van der Waals surface area contributed by atoms with Crippen LogP contribution in [0, 0.1) is 36.0 Å². The second kappa shape index (κ2) is 7.51. The van der Waals surface area contributed by atoms with E-state index < -0.39 is 52.9 Å². The summed E-state index contributed by atoms with van der Waals surface area (Å²) in [6.45, 7) is 1.58. The van der Waals surface area contributed by atoms with Gasteiger partial charge in [0.25, 0.3) is 0 Å². The number of hydrogen-bond acceptors (Lipinski definition) is 3. The van der Waals surface area contributed by atoms with Crippen LogP contribution in [0.3, 0.4) is 0 Å². The van der Waals surface area contributed by atoms with Gasteiger partial charge in [0, 0.05) is 11.3 Å². The number of carbonyl (C=O) groups is 2. The average molecular weight is 373 g/mol. The van der Waals surface area contributed by atoms with E-state index in [0.29, 0.717) is 5.56 Å². The predicted octanol–water partition coefficient (Wildman–Crippen LogP) is 3.66. The molecule has 0 aliphatic rings. The first-order chi connectivity index (χ1) is 12.2. The van der Waals surface area contributed by atoms with E-state index in [4.69, 9.17) is 0 Å². The van der Waals surface area contributed by atoms with Gasteiger partial charge >= 0.3 is 5.97 Å². The van der Waals surface area contributed by atoms with Gasteiger partial charge in [-0.05, 0) is 24.6 Å². The zero-order valence-electron chi connectivity index (χ0n) is 13.6. The van der Waals surface area contributed by atoms with Gasteiger partial charge in [0.1, 0.15) is 0 Å². The Hall–Kier alpha value is -2.97. The van der Waals surface area contributed by atoms with Crippen molar-refractivity contribution in [3.05, 3.63) is 64.0 Å². The molecule has 2 rings (SSSR count). The molecule has 26 heavy (non-hydrogen) atoms. The number of rotatable bonds is 4. The summed E-state index contributed by atoms with van der Waals surface area (Å²) in [4.78, 5) is 23.5. The minimum absolute atomic E-state index is 0.102. The van der Waals surface area contributed by atoms with Gasteiger partial charge in [0.05, 0.1) is 19.1 Å². The lowest BCUT2D eigenvalue weighted by atomic mass is 10.1. The Morgan fingerprint density at radius 2 is 1.50 bits per heavy atom. The minimum atomic E-state index is -2.30. The summed E-state index contributed by atoms with van der Waals surface area (Å²) < 4.78 is 71.2. The highest BCUT2D eigenvalue weighted by molar-refractivity contribution is 5.96. The Kier molecular flexibility index (Phi) is 5.59. The van der Waals surface area contributed by atoms with Crippen molar-refractivity contribution in [2.45, 2.75) is 13.3 Å². The lowest BCUT2D eigenvalue weighted by Gasteiger charge is -2.11. The van der Waals surface area contributed by atoms with Crippen molar-refractivity contribution in [1.82, 2.24) is 0 Å². The molecule has 1 N–H and O–H groups in total. The van der Waals surface area contributed by atoms with Crippen LogP contribution in [0.15, 0.2) is 18.2 Å². The molecule has 0 heterocycles. The van der Waals surface area contributed by atoms with Crippen LogP contribution in [0.5, 0.6) is 0 Å². The molecule has 2 aromatic carbocycles. The smallest absolute Gasteiger partial charge is 0.337 e. The van der Waals surface area contributed by atoms with E-state index in [9.17, 15) is 31.5 Å². The molecule has 1 amide bonds. The molecule has 0 atom stereocenters. The van der Waals surface area contributed by atoms with Gasteiger partial charge < -0.3 is 10.1 Å². The standard InChI is InChI=1S/C17H12F5NO3/c1-7-3-4-8(17(25)26-2)5-10(7)23-11(24)6-9-12(18)14(20)16(22)15(21)13(9)19/h3-5H,6H2,1-2H3,(H,23,24). The number of nitrogens with one attached hydrogen (secondary N) is 1. The number of halogens is 5. The van der Waals surface area contributed by atoms with Crippen molar-refractivity contribution in [3.8, 4) is 0 Å². The Balaban J connectivity index is 2.29. The summed E-state index contributed by atoms with van der Waals surface area (Å²) in [5.74, 6) is -12.4. The number of carbonyl (C=O) groups excluding carboxylic acids is 2. The van der Waals surface area contributed by atoms with Crippen LogP contribution in [-0.4, -0.2) is 19.0 Å². The maximum atomic E-state index is 13.6. The van der Waals surface area contributed by atoms with Gasteiger partial charge in [0.2, 0.25) is 11.7 Å². The fraction of sp³-hybridized carbons (Fsp3) is 0.176. The third-order valence-electron chi connectivity index (χ3n) is 3.57.